The van der Waals surface area contributed by atoms with Crippen molar-refractivity contribution in [2.45, 2.75) is 17.4 Å². The number of hydrogen-bond donors (Lipinski definition) is 3. The fraction of sp³-hybridized carbons (Fsp3) is 0.278. The van der Waals surface area contributed by atoms with Gasteiger partial charge in [-0.25, -0.2) is 18.6 Å². The zero-order valence-corrected chi connectivity index (χ0v) is 16.2. The molecule has 0 spiro atoms. The fourth-order valence-electron chi connectivity index (χ4n) is 2.81. The molecule has 0 bridgehead atoms. The summed E-state index contributed by atoms with van der Waals surface area (Å²) >= 11 is 5.83. The van der Waals surface area contributed by atoms with Gasteiger partial charge in [0.1, 0.15) is 11.5 Å². The number of amides is 1. The molecule has 1 aliphatic rings. The number of halogens is 1. The molecule has 28 heavy (non-hydrogen) atoms. The molecule has 2 aromatic carbocycles. The highest BCUT2D eigenvalue weighted by Crippen LogP contribution is 2.25. The van der Waals surface area contributed by atoms with Crippen LogP contribution in [0.5, 0.6) is 11.5 Å². The van der Waals surface area contributed by atoms with Gasteiger partial charge in [-0.1, -0.05) is 11.6 Å². The van der Waals surface area contributed by atoms with Crippen molar-refractivity contribution >= 4 is 27.5 Å². The Morgan fingerprint density at radius 2 is 1.71 bits per heavy atom. The standard InChI is InChI=1S/C18H19ClN2O6S/c19-12-1-3-13(4-2-12)27-14-5-7-15(8-6-14)28(24,25)21-17-9-10-26-11-16(17)18(22)20-23/h1-8,16-17,21,23H,9-11H2,(H,20,22). The first kappa shape index (κ1) is 20.6. The first-order chi connectivity index (χ1) is 13.4. The van der Waals surface area contributed by atoms with Crippen LogP contribution in [0.3, 0.4) is 0 Å². The van der Waals surface area contributed by atoms with Crippen molar-refractivity contribution in [3.05, 3.63) is 53.6 Å². The van der Waals surface area contributed by atoms with E-state index in [0.29, 0.717) is 29.5 Å². The van der Waals surface area contributed by atoms with Gasteiger partial charge in [-0.15, -0.1) is 0 Å². The molecule has 0 radical (unpaired) electrons. The number of sulfonamides is 1. The Balaban J connectivity index is 1.71. The van der Waals surface area contributed by atoms with Crippen molar-refractivity contribution in [3.63, 3.8) is 0 Å². The first-order valence-corrected chi connectivity index (χ1v) is 10.3. The third kappa shape index (κ3) is 5.00. The molecular weight excluding hydrogens is 408 g/mol. The second-order valence-corrected chi connectivity index (χ2v) is 8.35. The molecule has 2 unspecified atom stereocenters. The average molecular weight is 427 g/mol. The van der Waals surface area contributed by atoms with Gasteiger partial charge in [0.15, 0.2) is 0 Å². The molecule has 1 amide bonds. The predicted octanol–water partition coefficient (Wildman–Crippen LogP) is 2.32. The van der Waals surface area contributed by atoms with Gasteiger partial charge in [0.2, 0.25) is 15.9 Å². The Morgan fingerprint density at radius 1 is 1.11 bits per heavy atom. The number of carbonyl (C=O) groups excluding carboxylic acids is 1. The quantitative estimate of drug-likeness (QED) is 0.482. The van der Waals surface area contributed by atoms with Crippen LogP contribution in [0.2, 0.25) is 5.02 Å². The molecule has 1 aliphatic heterocycles. The summed E-state index contributed by atoms with van der Waals surface area (Å²) < 4.78 is 38.7. The van der Waals surface area contributed by atoms with Gasteiger partial charge in [-0.3, -0.25) is 10.0 Å². The normalized spacial score (nSPS) is 19.8. The van der Waals surface area contributed by atoms with Crippen LogP contribution >= 0.6 is 11.6 Å². The highest BCUT2D eigenvalue weighted by atomic mass is 35.5. The minimum absolute atomic E-state index is 0.0213. The maximum atomic E-state index is 12.7. The molecule has 1 heterocycles. The number of ether oxygens (including phenoxy) is 2. The molecule has 0 aromatic heterocycles. The van der Waals surface area contributed by atoms with Crippen LogP contribution in [-0.4, -0.2) is 38.8 Å². The summed E-state index contributed by atoms with van der Waals surface area (Å²) in [6.07, 6.45) is 0.315. The van der Waals surface area contributed by atoms with Crippen molar-refractivity contribution in [3.8, 4) is 11.5 Å². The summed E-state index contributed by atoms with van der Waals surface area (Å²) in [6, 6.07) is 12.0. The number of carbonyl (C=O) groups is 1. The minimum Gasteiger partial charge on any atom is -0.457 e. The van der Waals surface area contributed by atoms with E-state index in [4.69, 9.17) is 26.3 Å². The summed E-state index contributed by atoms with van der Waals surface area (Å²) in [7, 11) is -3.87. The van der Waals surface area contributed by atoms with E-state index in [1.807, 2.05) is 0 Å². The lowest BCUT2D eigenvalue weighted by Gasteiger charge is -2.30. The third-order valence-electron chi connectivity index (χ3n) is 4.29. The third-order valence-corrected chi connectivity index (χ3v) is 6.05. The van der Waals surface area contributed by atoms with Crippen LogP contribution in [0.15, 0.2) is 53.4 Å². The van der Waals surface area contributed by atoms with Crippen LogP contribution in [0.25, 0.3) is 0 Å². The molecule has 150 valence electrons. The van der Waals surface area contributed by atoms with E-state index in [1.54, 1.807) is 29.7 Å². The van der Waals surface area contributed by atoms with E-state index in [9.17, 15) is 13.2 Å². The van der Waals surface area contributed by atoms with Crippen molar-refractivity contribution in [1.29, 1.82) is 0 Å². The number of rotatable bonds is 6. The van der Waals surface area contributed by atoms with E-state index in [1.165, 1.54) is 24.3 Å². The molecule has 2 aromatic rings. The maximum Gasteiger partial charge on any atom is 0.250 e. The van der Waals surface area contributed by atoms with Gasteiger partial charge in [-0.2, -0.15) is 0 Å². The molecule has 0 saturated carbocycles. The molecule has 10 heteroatoms. The molecule has 1 fully saturated rings. The van der Waals surface area contributed by atoms with Crippen molar-refractivity contribution in [2.75, 3.05) is 13.2 Å². The first-order valence-electron chi connectivity index (χ1n) is 8.46. The number of hydrogen-bond acceptors (Lipinski definition) is 6. The van der Waals surface area contributed by atoms with Crippen molar-refractivity contribution in [1.82, 2.24) is 10.2 Å². The minimum atomic E-state index is -3.87. The topological polar surface area (TPSA) is 114 Å². The molecular formula is C18H19ClN2O6S. The van der Waals surface area contributed by atoms with E-state index in [2.05, 4.69) is 4.72 Å². The predicted molar refractivity (Wildman–Crippen MR) is 101 cm³/mol. The van der Waals surface area contributed by atoms with Crippen LogP contribution < -0.4 is 14.9 Å². The Kier molecular flexibility index (Phi) is 6.53. The summed E-state index contributed by atoms with van der Waals surface area (Å²) in [5.41, 5.74) is 1.55. The van der Waals surface area contributed by atoms with Gasteiger partial charge >= 0.3 is 0 Å². The van der Waals surface area contributed by atoms with E-state index < -0.39 is 27.9 Å². The smallest absolute Gasteiger partial charge is 0.250 e. The highest BCUT2D eigenvalue weighted by molar-refractivity contribution is 7.89. The van der Waals surface area contributed by atoms with Crippen LogP contribution in [-0.2, 0) is 19.6 Å². The Bertz CT molecular complexity index is 918. The second kappa shape index (κ2) is 8.89. The van der Waals surface area contributed by atoms with Crippen LogP contribution in [0.1, 0.15) is 6.42 Å². The lowest BCUT2D eigenvalue weighted by molar-refractivity contribution is -0.138. The average Bonchev–Trinajstić information content (AvgIpc) is 2.70. The van der Waals surface area contributed by atoms with Crippen LogP contribution in [0.4, 0.5) is 0 Å². The van der Waals surface area contributed by atoms with E-state index >= 15 is 0 Å². The number of benzene rings is 2. The van der Waals surface area contributed by atoms with Crippen LogP contribution in [0, 0.1) is 5.92 Å². The molecule has 2 atom stereocenters. The summed E-state index contributed by atoms with van der Waals surface area (Å²) in [5.74, 6) is -0.483. The zero-order chi connectivity index (χ0) is 20.1. The Hall–Kier alpha value is -2.17. The molecule has 0 aliphatic carbocycles. The lowest BCUT2D eigenvalue weighted by Crippen LogP contribution is -2.51. The summed E-state index contributed by atoms with van der Waals surface area (Å²) in [5, 5.41) is 9.42. The Labute approximate surface area is 167 Å². The zero-order valence-electron chi connectivity index (χ0n) is 14.7. The highest BCUT2D eigenvalue weighted by Gasteiger charge is 2.34. The SMILES string of the molecule is O=C(NO)C1COCCC1NS(=O)(=O)c1ccc(Oc2ccc(Cl)cc2)cc1. The van der Waals surface area contributed by atoms with Gasteiger partial charge < -0.3 is 9.47 Å². The monoisotopic (exact) mass is 426 g/mol. The fourth-order valence-corrected chi connectivity index (χ4v) is 4.25. The summed E-state index contributed by atoms with van der Waals surface area (Å²) in [4.78, 5) is 11.8. The van der Waals surface area contributed by atoms with E-state index in [0.717, 1.165) is 0 Å². The van der Waals surface area contributed by atoms with Crippen molar-refractivity contribution < 1.29 is 27.9 Å². The van der Waals surface area contributed by atoms with Crippen molar-refractivity contribution in [2.24, 2.45) is 5.92 Å². The largest absolute Gasteiger partial charge is 0.457 e. The number of nitrogens with one attached hydrogen (secondary N) is 2. The van der Waals surface area contributed by atoms with Gasteiger partial charge in [0.25, 0.3) is 0 Å². The molecule has 8 nitrogen and oxygen atoms in total. The van der Waals surface area contributed by atoms with Gasteiger partial charge in [0.05, 0.1) is 17.4 Å². The lowest BCUT2D eigenvalue weighted by atomic mass is 9.96. The van der Waals surface area contributed by atoms with Gasteiger partial charge in [0, 0.05) is 17.7 Å². The molecule has 3 rings (SSSR count). The second-order valence-electron chi connectivity index (χ2n) is 6.20. The summed E-state index contributed by atoms with van der Waals surface area (Å²) in [6.45, 7) is 0.337. The Morgan fingerprint density at radius 3 is 2.32 bits per heavy atom. The molecule has 3 N–H and O–H groups in total. The molecule has 1 saturated heterocycles. The maximum absolute atomic E-state index is 12.7. The van der Waals surface area contributed by atoms with Gasteiger partial charge in [-0.05, 0) is 55.0 Å². The number of hydroxylamine groups is 1. The van der Waals surface area contributed by atoms with E-state index in [-0.39, 0.29) is 11.5 Å².